The number of carbonyl (C=O) groups excluding carboxylic acids is 3. The second-order valence-electron chi connectivity index (χ2n) is 18.5. The molecule has 0 rings (SSSR count). The Bertz CT molecular complexity index is 1060. The van der Waals surface area contributed by atoms with Gasteiger partial charge in [-0.2, -0.15) is 0 Å². The van der Waals surface area contributed by atoms with Gasteiger partial charge in [0.15, 0.2) is 6.10 Å². The molecule has 0 radical (unpaired) electrons. The molecule has 0 aromatic heterocycles. The van der Waals surface area contributed by atoms with Crippen LogP contribution in [0.5, 0.6) is 0 Å². The van der Waals surface area contributed by atoms with Crippen LogP contribution in [0.1, 0.15) is 290 Å². The SMILES string of the molecule is CCCCCC/C=C\CCCCCCCC(=O)O[C@@H](COC(=O)CCCCCCC/C=C\CCCCCCCC)COC(=O)CCCCCCCCC/C=C\CCCCCCCC. The summed E-state index contributed by atoms with van der Waals surface area (Å²) in [6, 6.07) is 0. The standard InChI is InChI=1S/C57H104O6/c1-4-7-10-13-16-19-22-25-27-28-30-33-35-38-41-44-47-50-56(59)62-53-54(63-57(60)51-48-45-42-39-36-31-24-21-18-15-12-9-6-3)52-61-55(58)49-46-43-40-37-34-32-29-26-23-20-17-14-11-8-5-2/h21,24-27,29,54H,4-20,22-23,28,30-53H2,1-3H3/b24-21-,27-25-,29-26-/t54-/m0/s1. The molecular weight excluding hydrogens is 781 g/mol. The monoisotopic (exact) mass is 885 g/mol. The summed E-state index contributed by atoms with van der Waals surface area (Å²) in [5.41, 5.74) is 0. The molecule has 0 N–H and O–H groups in total. The molecule has 0 aliphatic carbocycles. The minimum absolute atomic E-state index is 0.0786. The minimum atomic E-state index is -0.779. The predicted octanol–water partition coefficient (Wildman–Crippen LogP) is 18.1. The Kier molecular flexibility index (Phi) is 50.3. The van der Waals surface area contributed by atoms with Crippen LogP contribution in [-0.4, -0.2) is 37.2 Å². The van der Waals surface area contributed by atoms with Gasteiger partial charge in [0.05, 0.1) is 0 Å². The van der Waals surface area contributed by atoms with Crippen molar-refractivity contribution < 1.29 is 28.6 Å². The summed E-state index contributed by atoms with van der Waals surface area (Å²) in [7, 11) is 0. The number of hydrogen-bond acceptors (Lipinski definition) is 6. The molecule has 0 spiro atoms. The van der Waals surface area contributed by atoms with Crippen molar-refractivity contribution in [1.82, 2.24) is 0 Å². The molecule has 1 atom stereocenters. The number of hydrogen-bond donors (Lipinski definition) is 0. The first-order valence-electron chi connectivity index (χ1n) is 27.5. The van der Waals surface area contributed by atoms with Crippen molar-refractivity contribution in [2.45, 2.75) is 297 Å². The Morgan fingerprint density at radius 1 is 0.302 bits per heavy atom. The maximum Gasteiger partial charge on any atom is 0.306 e. The van der Waals surface area contributed by atoms with Crippen molar-refractivity contribution in [2.24, 2.45) is 0 Å². The quantitative estimate of drug-likeness (QED) is 0.0262. The van der Waals surface area contributed by atoms with Gasteiger partial charge in [-0.1, -0.05) is 211 Å². The molecule has 0 aromatic rings. The molecule has 0 saturated heterocycles. The normalized spacial score (nSPS) is 12.2. The first-order chi connectivity index (χ1) is 31.0. The van der Waals surface area contributed by atoms with Crippen LogP contribution in [0, 0.1) is 0 Å². The van der Waals surface area contributed by atoms with Crippen LogP contribution in [0.3, 0.4) is 0 Å². The minimum Gasteiger partial charge on any atom is -0.462 e. The van der Waals surface area contributed by atoms with Crippen LogP contribution in [0.15, 0.2) is 36.5 Å². The molecule has 63 heavy (non-hydrogen) atoms. The van der Waals surface area contributed by atoms with E-state index >= 15 is 0 Å². The van der Waals surface area contributed by atoms with E-state index in [9.17, 15) is 14.4 Å². The van der Waals surface area contributed by atoms with Crippen molar-refractivity contribution in [2.75, 3.05) is 13.2 Å². The number of esters is 3. The van der Waals surface area contributed by atoms with E-state index in [1.807, 2.05) is 0 Å². The van der Waals surface area contributed by atoms with E-state index in [0.29, 0.717) is 19.3 Å². The largest absolute Gasteiger partial charge is 0.462 e. The first kappa shape index (κ1) is 60.6. The van der Waals surface area contributed by atoms with Crippen LogP contribution in [-0.2, 0) is 28.6 Å². The van der Waals surface area contributed by atoms with E-state index in [-0.39, 0.29) is 31.1 Å². The summed E-state index contributed by atoms with van der Waals surface area (Å²) in [5.74, 6) is -0.888. The fourth-order valence-corrected chi connectivity index (χ4v) is 7.90. The molecule has 368 valence electrons. The lowest BCUT2D eigenvalue weighted by atomic mass is 10.1. The van der Waals surface area contributed by atoms with Crippen LogP contribution in [0.2, 0.25) is 0 Å². The van der Waals surface area contributed by atoms with Gasteiger partial charge in [0.1, 0.15) is 13.2 Å². The highest BCUT2D eigenvalue weighted by atomic mass is 16.6. The van der Waals surface area contributed by atoms with Gasteiger partial charge in [-0.15, -0.1) is 0 Å². The van der Waals surface area contributed by atoms with E-state index < -0.39 is 6.10 Å². The zero-order valence-electron chi connectivity index (χ0n) is 42.1. The molecule has 0 saturated carbocycles. The van der Waals surface area contributed by atoms with Gasteiger partial charge < -0.3 is 14.2 Å². The summed E-state index contributed by atoms with van der Waals surface area (Å²) in [6.07, 6.45) is 61.2. The second-order valence-corrected chi connectivity index (χ2v) is 18.5. The first-order valence-corrected chi connectivity index (χ1v) is 27.5. The zero-order chi connectivity index (χ0) is 45.8. The molecule has 0 bridgehead atoms. The number of rotatable bonds is 50. The fraction of sp³-hybridized carbons (Fsp3) is 0.842. The lowest BCUT2D eigenvalue weighted by molar-refractivity contribution is -0.167. The van der Waals surface area contributed by atoms with E-state index in [1.54, 1.807) is 0 Å². The average molecular weight is 885 g/mol. The van der Waals surface area contributed by atoms with Gasteiger partial charge in [0.25, 0.3) is 0 Å². The average Bonchev–Trinajstić information content (AvgIpc) is 3.28. The summed E-state index contributed by atoms with van der Waals surface area (Å²) in [6.45, 7) is 6.62. The lowest BCUT2D eigenvalue weighted by Gasteiger charge is -2.18. The van der Waals surface area contributed by atoms with Gasteiger partial charge in [-0.3, -0.25) is 14.4 Å². The third-order valence-electron chi connectivity index (χ3n) is 12.1. The highest BCUT2D eigenvalue weighted by Gasteiger charge is 2.19. The van der Waals surface area contributed by atoms with Crippen LogP contribution < -0.4 is 0 Å². The number of unbranched alkanes of at least 4 members (excludes halogenated alkanes) is 33. The Balaban J connectivity index is 4.36. The van der Waals surface area contributed by atoms with Gasteiger partial charge >= 0.3 is 17.9 Å². The van der Waals surface area contributed by atoms with E-state index in [1.165, 1.54) is 173 Å². The topological polar surface area (TPSA) is 78.9 Å². The Hall–Kier alpha value is -2.37. The lowest BCUT2D eigenvalue weighted by Crippen LogP contribution is -2.30. The van der Waals surface area contributed by atoms with Gasteiger partial charge in [-0.25, -0.2) is 0 Å². The maximum absolute atomic E-state index is 12.8. The fourth-order valence-electron chi connectivity index (χ4n) is 7.90. The second kappa shape index (κ2) is 52.3. The van der Waals surface area contributed by atoms with Crippen LogP contribution >= 0.6 is 0 Å². The van der Waals surface area contributed by atoms with Crippen molar-refractivity contribution in [3.05, 3.63) is 36.5 Å². The molecule has 0 aromatic carbocycles. The maximum atomic E-state index is 12.8. The van der Waals surface area contributed by atoms with Crippen molar-refractivity contribution in [3.63, 3.8) is 0 Å². The van der Waals surface area contributed by atoms with Gasteiger partial charge in [0.2, 0.25) is 0 Å². The van der Waals surface area contributed by atoms with Crippen LogP contribution in [0.25, 0.3) is 0 Å². The molecule has 6 heteroatoms. The predicted molar refractivity (Wildman–Crippen MR) is 270 cm³/mol. The number of allylic oxidation sites excluding steroid dienone is 6. The number of carbonyl (C=O) groups is 3. The number of ether oxygens (including phenoxy) is 3. The molecular formula is C57H104O6. The van der Waals surface area contributed by atoms with Crippen molar-refractivity contribution in [1.29, 1.82) is 0 Å². The van der Waals surface area contributed by atoms with E-state index in [2.05, 4.69) is 57.2 Å². The highest BCUT2D eigenvalue weighted by Crippen LogP contribution is 2.15. The Labute approximate surface area is 391 Å². The molecule has 0 fully saturated rings. The molecule has 0 unspecified atom stereocenters. The smallest absolute Gasteiger partial charge is 0.306 e. The molecule has 0 aliphatic rings. The highest BCUT2D eigenvalue weighted by molar-refractivity contribution is 5.71. The zero-order valence-corrected chi connectivity index (χ0v) is 42.1. The summed E-state index contributed by atoms with van der Waals surface area (Å²) in [5, 5.41) is 0. The van der Waals surface area contributed by atoms with Crippen LogP contribution in [0.4, 0.5) is 0 Å². The third-order valence-corrected chi connectivity index (χ3v) is 12.1. The van der Waals surface area contributed by atoms with Gasteiger partial charge in [0, 0.05) is 19.3 Å². The van der Waals surface area contributed by atoms with Crippen molar-refractivity contribution >= 4 is 17.9 Å². The molecule has 0 heterocycles. The summed E-state index contributed by atoms with van der Waals surface area (Å²) >= 11 is 0. The molecule has 6 nitrogen and oxygen atoms in total. The van der Waals surface area contributed by atoms with E-state index in [4.69, 9.17) is 14.2 Å². The Morgan fingerprint density at radius 2 is 0.524 bits per heavy atom. The third kappa shape index (κ3) is 50.5. The van der Waals surface area contributed by atoms with Gasteiger partial charge in [-0.05, 0) is 96.3 Å². The summed E-state index contributed by atoms with van der Waals surface area (Å²) in [4.78, 5) is 38.0. The molecule has 0 amide bonds. The Morgan fingerprint density at radius 3 is 0.810 bits per heavy atom. The van der Waals surface area contributed by atoms with Crippen molar-refractivity contribution in [3.8, 4) is 0 Å². The summed E-state index contributed by atoms with van der Waals surface area (Å²) < 4.78 is 16.8. The van der Waals surface area contributed by atoms with E-state index in [0.717, 1.165) is 77.0 Å². The molecule has 0 aliphatic heterocycles.